The van der Waals surface area contributed by atoms with Gasteiger partial charge in [0.2, 0.25) is 5.91 Å². The summed E-state index contributed by atoms with van der Waals surface area (Å²) in [6, 6.07) is 0. The molecule has 0 unspecified atom stereocenters. The highest BCUT2D eigenvalue weighted by molar-refractivity contribution is 5.87. The van der Waals surface area contributed by atoms with Crippen LogP contribution in [0.5, 0.6) is 0 Å². The Morgan fingerprint density at radius 2 is 1.50 bits per heavy atom. The number of hydrogen-bond donors (Lipinski definition) is 0. The van der Waals surface area contributed by atoms with E-state index in [0.717, 1.165) is 39.3 Å². The molecule has 0 atom stereocenters. The first-order chi connectivity index (χ1) is 9.47. The van der Waals surface area contributed by atoms with Gasteiger partial charge in [-0.2, -0.15) is 0 Å². The quantitative estimate of drug-likeness (QED) is 0.723. The van der Waals surface area contributed by atoms with Crippen molar-refractivity contribution in [2.24, 2.45) is 0 Å². The summed E-state index contributed by atoms with van der Waals surface area (Å²) in [5, 5.41) is 0. The number of carbonyl (C=O) groups excluding carboxylic acids is 1. The Balaban J connectivity index is 1.78. The number of likely N-dealkylation sites (tertiary alicyclic amines) is 1. The summed E-state index contributed by atoms with van der Waals surface area (Å²) in [5.41, 5.74) is 0.207. The molecule has 2 saturated heterocycles. The topological polar surface area (TPSA) is 26.8 Å². The van der Waals surface area contributed by atoms with E-state index >= 15 is 0 Å². The van der Waals surface area contributed by atoms with E-state index < -0.39 is 0 Å². The van der Waals surface area contributed by atoms with E-state index in [-0.39, 0.29) is 11.4 Å². The van der Waals surface area contributed by atoms with Crippen LogP contribution in [0.15, 0.2) is 12.3 Å². The fourth-order valence-corrected chi connectivity index (χ4v) is 2.94. The van der Waals surface area contributed by atoms with Gasteiger partial charge in [0.05, 0.1) is 0 Å². The number of piperidine rings is 1. The molecule has 2 aliphatic heterocycles. The minimum atomic E-state index is 0.170. The molecule has 2 aliphatic rings. The first-order valence-corrected chi connectivity index (χ1v) is 7.93. The Morgan fingerprint density at radius 1 is 0.900 bits per heavy atom. The molecule has 2 heterocycles. The second-order valence-corrected chi connectivity index (χ2v) is 6.90. The van der Waals surface area contributed by atoms with Gasteiger partial charge < -0.3 is 9.80 Å². The zero-order chi connectivity index (χ0) is 14.6. The van der Waals surface area contributed by atoms with Gasteiger partial charge in [-0.05, 0) is 40.0 Å². The van der Waals surface area contributed by atoms with Crippen molar-refractivity contribution in [3.05, 3.63) is 12.3 Å². The van der Waals surface area contributed by atoms with E-state index in [9.17, 15) is 4.79 Å². The molecule has 0 aromatic carbocycles. The molecule has 0 N–H and O–H groups in total. The van der Waals surface area contributed by atoms with Crippen LogP contribution in [0, 0.1) is 0 Å². The molecular weight excluding hydrogens is 250 g/mol. The van der Waals surface area contributed by atoms with Crippen LogP contribution in [0.25, 0.3) is 0 Å². The highest BCUT2D eigenvalue weighted by atomic mass is 16.2. The molecule has 20 heavy (non-hydrogen) atoms. The Labute approximate surface area is 123 Å². The van der Waals surface area contributed by atoms with Gasteiger partial charge in [0.1, 0.15) is 0 Å². The summed E-state index contributed by atoms with van der Waals surface area (Å²) in [4.78, 5) is 18.9. The second kappa shape index (κ2) is 6.61. The third-order valence-corrected chi connectivity index (χ3v) is 4.36. The third kappa shape index (κ3) is 4.23. The molecule has 0 spiro atoms. The van der Waals surface area contributed by atoms with Gasteiger partial charge in [0.15, 0.2) is 0 Å². The fraction of sp³-hybridized carbons (Fsp3) is 0.812. The summed E-state index contributed by atoms with van der Waals surface area (Å²) in [7, 11) is 0. The van der Waals surface area contributed by atoms with Crippen LogP contribution in [0.1, 0.15) is 40.0 Å². The first-order valence-electron chi connectivity index (χ1n) is 7.93. The highest BCUT2D eigenvalue weighted by Gasteiger charge is 2.27. The zero-order valence-electron chi connectivity index (χ0n) is 13.3. The van der Waals surface area contributed by atoms with Crippen molar-refractivity contribution in [1.29, 1.82) is 0 Å². The van der Waals surface area contributed by atoms with E-state index in [0.29, 0.717) is 0 Å². The van der Waals surface area contributed by atoms with Crippen molar-refractivity contribution >= 4 is 5.91 Å². The van der Waals surface area contributed by atoms with Crippen LogP contribution in [0.3, 0.4) is 0 Å². The van der Waals surface area contributed by atoms with Gasteiger partial charge in [-0.1, -0.05) is 0 Å². The van der Waals surface area contributed by atoms with Crippen molar-refractivity contribution in [2.75, 3.05) is 39.3 Å². The van der Waals surface area contributed by atoms with Crippen molar-refractivity contribution < 1.29 is 4.79 Å². The van der Waals surface area contributed by atoms with Crippen molar-refractivity contribution in [3.8, 4) is 0 Å². The monoisotopic (exact) mass is 279 g/mol. The molecule has 4 nitrogen and oxygen atoms in total. The smallest absolute Gasteiger partial charge is 0.248 e. The number of amides is 1. The molecule has 114 valence electrons. The Bertz CT molecular complexity index is 345. The zero-order valence-corrected chi connectivity index (χ0v) is 13.3. The fourth-order valence-electron chi connectivity index (χ4n) is 2.94. The Morgan fingerprint density at radius 3 is 2.05 bits per heavy atom. The summed E-state index contributed by atoms with van der Waals surface area (Å²) < 4.78 is 0. The first kappa shape index (κ1) is 15.4. The lowest BCUT2D eigenvalue weighted by Gasteiger charge is -2.42. The van der Waals surface area contributed by atoms with Crippen molar-refractivity contribution in [3.63, 3.8) is 0 Å². The van der Waals surface area contributed by atoms with E-state index in [4.69, 9.17) is 0 Å². The van der Waals surface area contributed by atoms with Crippen LogP contribution in [0.4, 0.5) is 0 Å². The second-order valence-electron chi connectivity index (χ2n) is 6.90. The number of carbonyl (C=O) groups is 1. The predicted molar refractivity (Wildman–Crippen MR) is 82.5 cm³/mol. The summed E-state index contributed by atoms with van der Waals surface area (Å²) in [5.74, 6) is 0.170. The maximum absolute atomic E-state index is 12.2. The summed E-state index contributed by atoms with van der Waals surface area (Å²) >= 11 is 0. The van der Waals surface area contributed by atoms with E-state index in [1.165, 1.54) is 19.3 Å². The van der Waals surface area contributed by atoms with Crippen molar-refractivity contribution in [2.45, 2.75) is 45.6 Å². The molecule has 0 radical (unpaired) electrons. The lowest BCUT2D eigenvalue weighted by atomic mass is 10.0. The van der Waals surface area contributed by atoms with Crippen LogP contribution in [-0.2, 0) is 4.79 Å². The van der Waals surface area contributed by atoms with Crippen LogP contribution in [0.2, 0.25) is 0 Å². The molecule has 1 amide bonds. The molecule has 0 saturated carbocycles. The molecule has 4 heteroatoms. The number of hydrogen-bond acceptors (Lipinski definition) is 3. The van der Waals surface area contributed by atoms with Gasteiger partial charge in [-0.25, -0.2) is 0 Å². The molecule has 0 bridgehead atoms. The SMILES string of the molecule is CC(C)(C)N1CCN(C(=O)/C=C/N2CCCCC2)CC1. The summed E-state index contributed by atoms with van der Waals surface area (Å²) in [6.45, 7) is 12.6. The van der Waals surface area contributed by atoms with E-state index in [1.54, 1.807) is 6.08 Å². The number of piperazine rings is 1. The molecule has 2 fully saturated rings. The van der Waals surface area contributed by atoms with Crippen LogP contribution < -0.4 is 0 Å². The van der Waals surface area contributed by atoms with Gasteiger partial charge >= 0.3 is 0 Å². The minimum Gasteiger partial charge on any atom is -0.377 e. The van der Waals surface area contributed by atoms with E-state index in [1.807, 2.05) is 11.1 Å². The average Bonchev–Trinajstić information content (AvgIpc) is 2.45. The van der Waals surface area contributed by atoms with Crippen LogP contribution in [-0.4, -0.2) is 65.4 Å². The average molecular weight is 279 g/mol. The molecule has 0 aromatic heterocycles. The standard InChI is InChI=1S/C16H29N3O/c1-16(2,3)19-13-11-18(12-14-19)15(20)7-10-17-8-5-4-6-9-17/h7,10H,4-6,8-9,11-14H2,1-3H3/b10-7+. The van der Waals surface area contributed by atoms with E-state index in [2.05, 4.69) is 30.6 Å². The molecular formula is C16H29N3O. The van der Waals surface area contributed by atoms with Crippen molar-refractivity contribution in [1.82, 2.24) is 14.7 Å². The Kier molecular flexibility index (Phi) is 5.08. The van der Waals surface area contributed by atoms with Gasteiger partial charge in [-0.3, -0.25) is 9.69 Å². The maximum Gasteiger partial charge on any atom is 0.248 e. The highest BCUT2D eigenvalue weighted by Crippen LogP contribution is 2.16. The third-order valence-electron chi connectivity index (χ3n) is 4.36. The largest absolute Gasteiger partial charge is 0.377 e. The van der Waals surface area contributed by atoms with Crippen LogP contribution >= 0.6 is 0 Å². The number of nitrogens with zero attached hydrogens (tertiary/aromatic N) is 3. The molecule has 2 rings (SSSR count). The normalized spacial score (nSPS) is 22.6. The molecule has 0 aromatic rings. The Hall–Kier alpha value is -1.03. The van der Waals surface area contributed by atoms with Gasteiger partial charge in [0, 0.05) is 57.1 Å². The lowest BCUT2D eigenvalue weighted by molar-refractivity contribution is -0.128. The lowest BCUT2D eigenvalue weighted by Crippen LogP contribution is -2.54. The summed E-state index contributed by atoms with van der Waals surface area (Å²) in [6.07, 6.45) is 7.59. The minimum absolute atomic E-state index is 0.170. The van der Waals surface area contributed by atoms with Gasteiger partial charge in [-0.15, -0.1) is 0 Å². The number of rotatable bonds is 2. The molecule has 0 aliphatic carbocycles. The predicted octanol–water partition coefficient (Wildman–Crippen LogP) is 1.93. The van der Waals surface area contributed by atoms with Gasteiger partial charge in [0.25, 0.3) is 0 Å². The maximum atomic E-state index is 12.2.